The van der Waals surface area contributed by atoms with Gasteiger partial charge in [-0.2, -0.15) is 0 Å². The van der Waals surface area contributed by atoms with Crippen molar-refractivity contribution in [1.29, 1.82) is 0 Å². The minimum atomic E-state index is -4.23. The number of methoxy groups -OCH3 is 1. The highest BCUT2D eigenvalue weighted by Crippen LogP contribution is 2.29. The molecule has 0 aliphatic heterocycles. The molecular weight excluding hydrogens is 645 g/mol. The molecule has 0 saturated carbocycles. The molecule has 1 N–H and O–H groups in total. The molecule has 0 radical (unpaired) electrons. The summed E-state index contributed by atoms with van der Waals surface area (Å²) in [7, 11) is -2.72. The maximum absolute atomic E-state index is 14.6. The van der Waals surface area contributed by atoms with E-state index in [2.05, 4.69) is 5.32 Å². The van der Waals surface area contributed by atoms with Crippen molar-refractivity contribution in [3.8, 4) is 5.75 Å². The van der Waals surface area contributed by atoms with Gasteiger partial charge in [-0.05, 0) is 60.0 Å². The lowest BCUT2D eigenvalue weighted by Crippen LogP contribution is -2.53. The zero-order valence-electron chi connectivity index (χ0n) is 25.9. The minimum absolute atomic E-state index is 0.00910. The average molecular weight is 683 g/mol. The van der Waals surface area contributed by atoms with E-state index in [1.807, 2.05) is 44.2 Å². The van der Waals surface area contributed by atoms with E-state index >= 15 is 0 Å². The minimum Gasteiger partial charge on any atom is -0.497 e. The molecule has 4 aromatic carbocycles. The molecule has 2 amide bonds. The summed E-state index contributed by atoms with van der Waals surface area (Å²) < 4.78 is 34.5. The molecule has 46 heavy (non-hydrogen) atoms. The zero-order chi connectivity index (χ0) is 33.3. The van der Waals surface area contributed by atoms with E-state index < -0.39 is 28.5 Å². The molecule has 0 spiro atoms. The van der Waals surface area contributed by atoms with Crippen LogP contribution in [0.2, 0.25) is 10.0 Å². The summed E-state index contributed by atoms with van der Waals surface area (Å²) in [5.41, 5.74) is 1.51. The Morgan fingerprint density at radius 1 is 0.826 bits per heavy atom. The summed E-state index contributed by atoms with van der Waals surface area (Å²) in [6.45, 7) is 3.60. The highest BCUT2D eigenvalue weighted by atomic mass is 35.5. The molecule has 0 aliphatic rings. The largest absolute Gasteiger partial charge is 0.497 e. The van der Waals surface area contributed by atoms with E-state index in [1.165, 1.54) is 24.1 Å². The van der Waals surface area contributed by atoms with Crippen LogP contribution in [-0.2, 0) is 32.6 Å². The quantitative estimate of drug-likeness (QED) is 0.162. The van der Waals surface area contributed by atoms with Crippen LogP contribution in [0.15, 0.2) is 108 Å². The number of amides is 2. The molecule has 0 aromatic heterocycles. The van der Waals surface area contributed by atoms with Crippen LogP contribution < -0.4 is 14.4 Å². The zero-order valence-corrected chi connectivity index (χ0v) is 28.2. The van der Waals surface area contributed by atoms with Crippen molar-refractivity contribution in [3.05, 3.63) is 124 Å². The summed E-state index contributed by atoms with van der Waals surface area (Å²) >= 11 is 13.1. The number of sulfonamides is 1. The van der Waals surface area contributed by atoms with Gasteiger partial charge in [-0.1, -0.05) is 91.6 Å². The Morgan fingerprint density at radius 2 is 1.41 bits per heavy atom. The van der Waals surface area contributed by atoms with Crippen LogP contribution in [0.5, 0.6) is 5.75 Å². The van der Waals surface area contributed by atoms with Gasteiger partial charge >= 0.3 is 0 Å². The van der Waals surface area contributed by atoms with Gasteiger partial charge < -0.3 is 15.0 Å². The maximum atomic E-state index is 14.6. The second-order valence-electron chi connectivity index (χ2n) is 11.1. The maximum Gasteiger partial charge on any atom is 0.264 e. The van der Waals surface area contributed by atoms with Crippen molar-refractivity contribution in [2.24, 2.45) is 5.92 Å². The predicted molar refractivity (Wildman–Crippen MR) is 183 cm³/mol. The van der Waals surface area contributed by atoms with Crippen molar-refractivity contribution in [2.75, 3.05) is 24.5 Å². The molecule has 0 heterocycles. The summed E-state index contributed by atoms with van der Waals surface area (Å²) in [4.78, 5) is 29.8. The number of nitrogens with zero attached hydrogens (tertiary/aromatic N) is 2. The Balaban J connectivity index is 1.82. The second kappa shape index (κ2) is 16.0. The second-order valence-corrected chi connectivity index (χ2v) is 13.8. The Bertz CT molecular complexity index is 1700. The fraction of sp³-hybridized carbons (Fsp3) is 0.257. The number of benzene rings is 4. The van der Waals surface area contributed by atoms with Crippen molar-refractivity contribution < 1.29 is 22.7 Å². The van der Waals surface area contributed by atoms with Crippen LogP contribution in [0.4, 0.5) is 5.69 Å². The SMILES string of the molecule is COc1ccc(N(CC(=O)N(Cc2c(Cl)cccc2Cl)[C@@H](Cc2ccccc2)C(=O)NCC(C)C)S(=O)(=O)c2ccccc2)cc1. The van der Waals surface area contributed by atoms with Gasteiger partial charge in [0.25, 0.3) is 10.0 Å². The Morgan fingerprint density at radius 3 is 1.98 bits per heavy atom. The van der Waals surface area contributed by atoms with Gasteiger partial charge in [0.05, 0.1) is 17.7 Å². The predicted octanol–water partition coefficient (Wildman–Crippen LogP) is 6.61. The Hall–Kier alpha value is -4.05. The first-order valence-electron chi connectivity index (χ1n) is 14.8. The number of carbonyl (C=O) groups is 2. The fourth-order valence-corrected chi connectivity index (χ4v) is 6.78. The molecule has 0 fully saturated rings. The number of anilines is 1. The highest BCUT2D eigenvalue weighted by molar-refractivity contribution is 7.92. The number of ether oxygens (including phenoxy) is 1. The first kappa shape index (κ1) is 34.8. The molecule has 0 aliphatic carbocycles. The Labute approximate surface area is 280 Å². The van der Waals surface area contributed by atoms with E-state index in [9.17, 15) is 18.0 Å². The third-order valence-corrected chi connectivity index (χ3v) is 9.81. The van der Waals surface area contributed by atoms with Gasteiger partial charge in [-0.25, -0.2) is 8.42 Å². The molecule has 4 rings (SSSR count). The van der Waals surface area contributed by atoms with E-state index in [0.29, 0.717) is 27.9 Å². The molecule has 0 unspecified atom stereocenters. The third kappa shape index (κ3) is 8.81. The third-order valence-electron chi connectivity index (χ3n) is 7.32. The number of halogens is 2. The van der Waals surface area contributed by atoms with Crippen molar-refractivity contribution in [3.63, 3.8) is 0 Å². The van der Waals surface area contributed by atoms with Crippen LogP contribution in [0.25, 0.3) is 0 Å². The van der Waals surface area contributed by atoms with Crippen LogP contribution in [0.3, 0.4) is 0 Å². The fourth-order valence-electron chi connectivity index (χ4n) is 4.83. The molecule has 242 valence electrons. The molecule has 0 saturated heterocycles. The first-order valence-corrected chi connectivity index (χ1v) is 17.0. The lowest BCUT2D eigenvalue weighted by molar-refractivity contribution is -0.140. The summed E-state index contributed by atoms with van der Waals surface area (Å²) in [6.07, 6.45) is 0.173. The van der Waals surface area contributed by atoms with E-state index in [4.69, 9.17) is 27.9 Å². The molecule has 8 nitrogen and oxygen atoms in total. The number of hydrogen-bond donors (Lipinski definition) is 1. The van der Waals surface area contributed by atoms with Gasteiger partial charge in [0.2, 0.25) is 11.8 Å². The first-order chi connectivity index (χ1) is 22.0. The number of rotatable bonds is 14. The smallest absolute Gasteiger partial charge is 0.264 e. The van der Waals surface area contributed by atoms with Crippen LogP contribution in [0, 0.1) is 5.92 Å². The number of carbonyl (C=O) groups excluding carboxylic acids is 2. The van der Waals surface area contributed by atoms with Gasteiger partial charge in [-0.3, -0.25) is 13.9 Å². The van der Waals surface area contributed by atoms with Gasteiger partial charge in [0, 0.05) is 35.1 Å². The summed E-state index contributed by atoms with van der Waals surface area (Å²) in [5, 5.41) is 3.59. The summed E-state index contributed by atoms with van der Waals surface area (Å²) in [5.74, 6) is -0.320. The van der Waals surface area contributed by atoms with Gasteiger partial charge in [-0.15, -0.1) is 0 Å². The number of hydrogen-bond acceptors (Lipinski definition) is 5. The molecule has 0 bridgehead atoms. The standard InChI is InChI=1S/C35H37Cl2N3O5S/c1-25(2)22-38-35(42)33(21-26-11-6-4-7-12-26)39(23-30-31(36)15-10-16-32(30)37)34(41)24-40(27-17-19-28(45-3)20-18-27)46(43,44)29-13-8-5-9-14-29/h4-20,25,33H,21-24H2,1-3H3,(H,38,42)/t33-/m0/s1. The normalized spacial score (nSPS) is 12.0. The molecule has 1 atom stereocenters. The molecule has 11 heteroatoms. The van der Waals surface area contributed by atoms with E-state index in [-0.39, 0.29) is 35.4 Å². The highest BCUT2D eigenvalue weighted by Gasteiger charge is 2.35. The van der Waals surface area contributed by atoms with Crippen LogP contribution >= 0.6 is 23.2 Å². The van der Waals surface area contributed by atoms with Crippen molar-refractivity contribution >= 4 is 50.7 Å². The van der Waals surface area contributed by atoms with Crippen LogP contribution in [-0.4, -0.2) is 51.4 Å². The average Bonchev–Trinajstić information content (AvgIpc) is 3.06. The molecular formula is C35H37Cl2N3O5S. The van der Waals surface area contributed by atoms with Crippen molar-refractivity contribution in [1.82, 2.24) is 10.2 Å². The van der Waals surface area contributed by atoms with Crippen LogP contribution in [0.1, 0.15) is 25.0 Å². The monoisotopic (exact) mass is 681 g/mol. The van der Waals surface area contributed by atoms with Gasteiger partial charge in [0.15, 0.2) is 0 Å². The molecule has 4 aromatic rings. The van der Waals surface area contributed by atoms with E-state index in [1.54, 1.807) is 60.7 Å². The topological polar surface area (TPSA) is 96.0 Å². The lowest BCUT2D eigenvalue weighted by Gasteiger charge is -2.34. The van der Waals surface area contributed by atoms with Gasteiger partial charge in [0.1, 0.15) is 18.3 Å². The number of nitrogens with one attached hydrogen (secondary N) is 1. The summed E-state index contributed by atoms with van der Waals surface area (Å²) in [6, 6.07) is 27.5. The lowest BCUT2D eigenvalue weighted by atomic mass is 10.0. The van der Waals surface area contributed by atoms with Crippen molar-refractivity contribution in [2.45, 2.75) is 37.8 Å². The van der Waals surface area contributed by atoms with E-state index in [0.717, 1.165) is 9.87 Å². The Kier molecular flexibility index (Phi) is 12.1.